The Bertz CT molecular complexity index is 1440. The van der Waals surface area contributed by atoms with Gasteiger partial charge in [0.05, 0.1) is 19.8 Å². The zero-order valence-corrected chi connectivity index (χ0v) is 22.5. The fourth-order valence-corrected chi connectivity index (χ4v) is 4.96. The molecule has 42 heavy (non-hydrogen) atoms. The fourth-order valence-electron chi connectivity index (χ4n) is 4.96. The van der Waals surface area contributed by atoms with Gasteiger partial charge in [0.15, 0.2) is 11.7 Å². The molecule has 2 saturated heterocycles. The lowest BCUT2D eigenvalue weighted by atomic mass is 9.97. The second kappa shape index (κ2) is 12.1. The van der Waals surface area contributed by atoms with Crippen LogP contribution in [0.5, 0.6) is 17.2 Å². The lowest BCUT2D eigenvalue weighted by Crippen LogP contribution is -2.64. The van der Waals surface area contributed by atoms with Crippen molar-refractivity contribution < 1.29 is 63.8 Å². The maximum absolute atomic E-state index is 12.6. The summed E-state index contributed by atoms with van der Waals surface area (Å²) in [6, 6.07) is 10.3. The molecule has 14 heteroatoms. The van der Waals surface area contributed by atoms with E-state index >= 15 is 0 Å². The lowest BCUT2D eigenvalue weighted by Gasteiger charge is -2.45. The van der Waals surface area contributed by atoms with Crippen molar-refractivity contribution in [2.75, 3.05) is 13.7 Å². The van der Waals surface area contributed by atoms with Crippen molar-refractivity contribution >= 4 is 11.0 Å². The molecule has 0 saturated carbocycles. The minimum atomic E-state index is -1.70. The zero-order valence-electron chi connectivity index (χ0n) is 22.5. The molecule has 1 aromatic heterocycles. The maximum Gasteiger partial charge on any atom is 0.229 e. The predicted molar refractivity (Wildman–Crippen MR) is 142 cm³/mol. The smallest absolute Gasteiger partial charge is 0.229 e. The molecular weight excluding hydrogens is 560 g/mol. The summed E-state index contributed by atoms with van der Waals surface area (Å²) in [5.74, 6) is 0.514. The van der Waals surface area contributed by atoms with Crippen LogP contribution in [0.15, 0.2) is 51.7 Å². The van der Waals surface area contributed by atoms with Crippen molar-refractivity contribution in [3.05, 3.63) is 52.7 Å². The van der Waals surface area contributed by atoms with Gasteiger partial charge in [-0.1, -0.05) is 0 Å². The van der Waals surface area contributed by atoms with Crippen molar-refractivity contribution in [2.24, 2.45) is 0 Å². The van der Waals surface area contributed by atoms with Gasteiger partial charge in [0, 0.05) is 23.8 Å². The van der Waals surface area contributed by atoms with E-state index in [1.807, 2.05) is 0 Å². The topological polar surface area (TPSA) is 218 Å². The number of benzene rings is 2. The highest BCUT2D eigenvalue weighted by molar-refractivity contribution is 5.86. The Labute approximate surface area is 238 Å². The second-order valence-electron chi connectivity index (χ2n) is 10.1. The van der Waals surface area contributed by atoms with Crippen LogP contribution >= 0.6 is 0 Å². The van der Waals surface area contributed by atoms with E-state index in [1.54, 1.807) is 12.1 Å². The minimum absolute atomic E-state index is 0.0180. The SMILES string of the molecule is COc1cc(O)c2c(=O)cc(-c3ccc(OC4OC(C)C(OC5OC(CO)C(O)C(O)C5O)C(O)C4O)cc3)oc2c1. The van der Waals surface area contributed by atoms with Crippen molar-refractivity contribution in [3.8, 4) is 28.6 Å². The van der Waals surface area contributed by atoms with E-state index in [4.69, 9.17) is 28.1 Å². The van der Waals surface area contributed by atoms with E-state index in [2.05, 4.69) is 0 Å². The first-order chi connectivity index (χ1) is 20.0. The molecule has 0 bridgehead atoms. The van der Waals surface area contributed by atoms with Gasteiger partial charge >= 0.3 is 0 Å². The van der Waals surface area contributed by atoms with Gasteiger partial charge < -0.3 is 63.8 Å². The molecule has 0 amide bonds. The van der Waals surface area contributed by atoms with E-state index in [1.165, 1.54) is 44.4 Å². The van der Waals surface area contributed by atoms with Gasteiger partial charge in [-0.25, -0.2) is 0 Å². The number of aliphatic hydroxyl groups is 6. The van der Waals surface area contributed by atoms with E-state index < -0.39 is 73.4 Å². The summed E-state index contributed by atoms with van der Waals surface area (Å²) in [4.78, 5) is 12.6. The molecule has 228 valence electrons. The van der Waals surface area contributed by atoms with E-state index in [9.17, 15) is 40.5 Å². The van der Waals surface area contributed by atoms with E-state index in [0.717, 1.165) is 0 Å². The molecule has 2 aliphatic rings. The van der Waals surface area contributed by atoms with Crippen LogP contribution in [-0.2, 0) is 14.2 Å². The summed E-state index contributed by atoms with van der Waals surface area (Å²) in [6.45, 7) is 0.866. The molecule has 0 radical (unpaired) electrons. The van der Waals surface area contributed by atoms with Crippen LogP contribution in [0.25, 0.3) is 22.3 Å². The molecule has 10 atom stereocenters. The van der Waals surface area contributed by atoms with E-state index in [-0.39, 0.29) is 28.2 Å². The first-order valence-corrected chi connectivity index (χ1v) is 13.1. The predicted octanol–water partition coefficient (Wildman–Crippen LogP) is -0.795. The van der Waals surface area contributed by atoms with Crippen LogP contribution in [0.4, 0.5) is 0 Å². The summed E-state index contributed by atoms with van der Waals surface area (Å²) in [7, 11) is 1.42. The Balaban J connectivity index is 1.27. The highest BCUT2D eigenvalue weighted by atomic mass is 16.7. The summed E-state index contributed by atoms with van der Waals surface area (Å²) >= 11 is 0. The lowest BCUT2D eigenvalue weighted by molar-refractivity contribution is -0.348. The number of hydrogen-bond donors (Lipinski definition) is 7. The molecule has 2 aromatic carbocycles. The van der Waals surface area contributed by atoms with Crippen LogP contribution in [0, 0.1) is 0 Å². The van der Waals surface area contributed by atoms with Crippen molar-refractivity contribution in [1.29, 1.82) is 0 Å². The van der Waals surface area contributed by atoms with Gasteiger partial charge in [0.25, 0.3) is 0 Å². The highest BCUT2D eigenvalue weighted by Crippen LogP contribution is 2.33. The van der Waals surface area contributed by atoms with Crippen LogP contribution < -0.4 is 14.9 Å². The Kier molecular flexibility index (Phi) is 8.71. The number of fused-ring (bicyclic) bond motifs is 1. The molecular formula is C28H32O14. The number of phenolic OH excluding ortho intramolecular Hbond substituents is 1. The summed E-state index contributed by atoms with van der Waals surface area (Å²) in [6.07, 6.45) is -14.4. The van der Waals surface area contributed by atoms with Crippen molar-refractivity contribution in [2.45, 2.75) is 68.3 Å². The largest absolute Gasteiger partial charge is 0.507 e. The molecule has 0 aliphatic carbocycles. The number of phenols is 1. The third-order valence-electron chi connectivity index (χ3n) is 7.33. The van der Waals surface area contributed by atoms with Gasteiger partial charge in [-0.05, 0) is 31.2 Å². The van der Waals surface area contributed by atoms with Gasteiger partial charge in [-0.2, -0.15) is 0 Å². The van der Waals surface area contributed by atoms with Crippen molar-refractivity contribution in [3.63, 3.8) is 0 Å². The van der Waals surface area contributed by atoms with E-state index in [0.29, 0.717) is 11.3 Å². The second-order valence-corrected chi connectivity index (χ2v) is 10.1. The maximum atomic E-state index is 12.6. The summed E-state index contributed by atoms with van der Waals surface area (Å²) in [5.41, 5.74) is 0.195. The number of aliphatic hydroxyl groups excluding tert-OH is 6. The monoisotopic (exact) mass is 592 g/mol. The first-order valence-electron chi connectivity index (χ1n) is 13.1. The number of aromatic hydroxyl groups is 1. The Hall–Kier alpha value is -3.31. The molecule has 2 fully saturated rings. The van der Waals surface area contributed by atoms with Gasteiger partial charge in [-0.3, -0.25) is 4.79 Å². The molecule has 10 unspecified atom stereocenters. The average molecular weight is 593 g/mol. The van der Waals surface area contributed by atoms with Gasteiger partial charge in [-0.15, -0.1) is 0 Å². The standard InChI is InChI=1S/C28H32O14/c1-11-26(42-28-24(35)22(33)21(32)19(10-29)41-28)23(34)25(36)27(38-11)39-13-5-3-12(4-6-13)17-9-16(31)20-15(30)7-14(37-2)8-18(20)40-17/h3-9,11,19,21-30,32-36H,10H2,1-2H3. The third kappa shape index (κ3) is 5.68. The molecule has 3 heterocycles. The molecule has 14 nitrogen and oxygen atoms in total. The summed E-state index contributed by atoms with van der Waals surface area (Å²) < 4.78 is 33.4. The van der Waals surface area contributed by atoms with Crippen LogP contribution in [0.2, 0.25) is 0 Å². The minimum Gasteiger partial charge on any atom is -0.507 e. The normalized spacial score (nSPS) is 33.4. The van der Waals surface area contributed by atoms with Crippen LogP contribution in [0.3, 0.4) is 0 Å². The van der Waals surface area contributed by atoms with Crippen LogP contribution in [0.1, 0.15) is 6.92 Å². The molecule has 7 N–H and O–H groups in total. The molecule has 5 rings (SSSR count). The fraction of sp³-hybridized carbons (Fsp3) is 0.464. The number of ether oxygens (including phenoxy) is 5. The Morgan fingerprint density at radius 1 is 0.833 bits per heavy atom. The quantitative estimate of drug-likeness (QED) is 0.179. The van der Waals surface area contributed by atoms with Crippen molar-refractivity contribution in [1.82, 2.24) is 0 Å². The number of methoxy groups -OCH3 is 1. The Morgan fingerprint density at radius 3 is 2.19 bits per heavy atom. The highest BCUT2D eigenvalue weighted by Gasteiger charge is 2.50. The molecule has 0 spiro atoms. The Morgan fingerprint density at radius 2 is 1.52 bits per heavy atom. The zero-order chi connectivity index (χ0) is 30.3. The third-order valence-corrected chi connectivity index (χ3v) is 7.33. The van der Waals surface area contributed by atoms with Crippen LogP contribution in [-0.4, -0.2) is 111 Å². The molecule has 3 aromatic rings. The average Bonchev–Trinajstić information content (AvgIpc) is 2.97. The first kappa shape index (κ1) is 30.2. The van der Waals surface area contributed by atoms with Gasteiger partial charge in [0.2, 0.25) is 6.29 Å². The molecule has 2 aliphatic heterocycles. The number of hydrogen-bond acceptors (Lipinski definition) is 14. The number of rotatable bonds is 7. The van der Waals surface area contributed by atoms with Gasteiger partial charge in [0.1, 0.15) is 76.7 Å². The summed E-state index contributed by atoms with van der Waals surface area (Å²) in [5, 5.41) is 71.3.